The van der Waals surface area contributed by atoms with Crippen LogP contribution in [0, 0.1) is 0 Å². The van der Waals surface area contributed by atoms with E-state index in [1.165, 1.54) is 0 Å². The number of carbonyl (C=O) groups excluding carboxylic acids is 1. The van der Waals surface area contributed by atoms with Crippen molar-refractivity contribution >= 4 is 17.6 Å². The Labute approximate surface area is 107 Å². The highest BCUT2D eigenvalue weighted by atomic mass is 35.5. The van der Waals surface area contributed by atoms with Crippen molar-refractivity contribution < 1.29 is 4.79 Å². The molecule has 0 aromatic heterocycles. The molecule has 1 rings (SSSR count). The minimum Gasteiger partial charge on any atom is -0.338 e. The summed E-state index contributed by atoms with van der Waals surface area (Å²) in [6, 6.07) is 7.43. The average molecular weight is 253 g/mol. The SMILES string of the molecule is CC(C)=CNC(=O)NCCc1ccccc1Cl. The van der Waals surface area contributed by atoms with Crippen LogP contribution in [0.15, 0.2) is 36.0 Å². The zero-order valence-corrected chi connectivity index (χ0v) is 10.8. The standard InChI is InChI=1S/C13H17ClN2O/c1-10(2)9-16-13(17)15-8-7-11-5-3-4-6-12(11)14/h3-6,9H,7-8H2,1-2H3,(H2,15,16,17). The van der Waals surface area contributed by atoms with Gasteiger partial charge in [-0.25, -0.2) is 4.79 Å². The Balaban J connectivity index is 2.31. The van der Waals surface area contributed by atoms with Crippen molar-refractivity contribution in [2.75, 3.05) is 6.54 Å². The monoisotopic (exact) mass is 252 g/mol. The molecule has 1 aromatic rings. The van der Waals surface area contributed by atoms with Gasteiger partial charge in [0.2, 0.25) is 0 Å². The fourth-order valence-electron chi connectivity index (χ4n) is 1.27. The normalized spacial score (nSPS) is 9.59. The molecule has 17 heavy (non-hydrogen) atoms. The quantitative estimate of drug-likeness (QED) is 0.850. The zero-order chi connectivity index (χ0) is 12.7. The summed E-state index contributed by atoms with van der Waals surface area (Å²) in [4.78, 5) is 11.3. The first-order chi connectivity index (χ1) is 8.09. The maximum atomic E-state index is 11.3. The van der Waals surface area contributed by atoms with Crippen molar-refractivity contribution in [3.05, 3.63) is 46.6 Å². The first-order valence-corrected chi connectivity index (χ1v) is 5.88. The van der Waals surface area contributed by atoms with Crippen LogP contribution in [0.3, 0.4) is 0 Å². The van der Waals surface area contributed by atoms with E-state index in [-0.39, 0.29) is 6.03 Å². The molecule has 2 N–H and O–H groups in total. The lowest BCUT2D eigenvalue weighted by Gasteiger charge is -2.06. The molecule has 0 fully saturated rings. The van der Waals surface area contributed by atoms with Crippen molar-refractivity contribution in [1.82, 2.24) is 10.6 Å². The van der Waals surface area contributed by atoms with Crippen molar-refractivity contribution in [3.63, 3.8) is 0 Å². The van der Waals surface area contributed by atoms with Gasteiger partial charge < -0.3 is 10.6 Å². The largest absolute Gasteiger partial charge is 0.338 e. The first-order valence-electron chi connectivity index (χ1n) is 5.50. The number of urea groups is 1. The molecule has 0 aliphatic carbocycles. The highest BCUT2D eigenvalue weighted by Gasteiger charge is 2.00. The van der Waals surface area contributed by atoms with Crippen LogP contribution in [0.2, 0.25) is 5.02 Å². The summed E-state index contributed by atoms with van der Waals surface area (Å²) in [6.45, 7) is 4.40. The van der Waals surface area contributed by atoms with E-state index in [1.807, 2.05) is 38.1 Å². The smallest absolute Gasteiger partial charge is 0.318 e. The molecule has 0 bridgehead atoms. The summed E-state index contributed by atoms with van der Waals surface area (Å²) in [5.74, 6) is 0. The summed E-state index contributed by atoms with van der Waals surface area (Å²) in [5, 5.41) is 6.13. The van der Waals surface area contributed by atoms with Crippen LogP contribution in [-0.2, 0) is 6.42 Å². The van der Waals surface area contributed by atoms with Crippen molar-refractivity contribution in [2.45, 2.75) is 20.3 Å². The fraction of sp³-hybridized carbons (Fsp3) is 0.308. The van der Waals surface area contributed by atoms with Crippen molar-refractivity contribution in [3.8, 4) is 0 Å². The molecule has 0 saturated heterocycles. The predicted octanol–water partition coefficient (Wildman–Crippen LogP) is 3.11. The second kappa shape index (κ2) is 6.97. The van der Waals surface area contributed by atoms with Gasteiger partial charge in [0.15, 0.2) is 0 Å². The second-order valence-corrected chi connectivity index (χ2v) is 4.37. The molecule has 4 heteroatoms. The van der Waals surface area contributed by atoms with Gasteiger partial charge in [-0.2, -0.15) is 0 Å². The van der Waals surface area contributed by atoms with Crippen LogP contribution in [-0.4, -0.2) is 12.6 Å². The van der Waals surface area contributed by atoms with Gasteiger partial charge in [0, 0.05) is 17.8 Å². The van der Waals surface area contributed by atoms with Crippen LogP contribution in [0.4, 0.5) is 4.79 Å². The van der Waals surface area contributed by atoms with E-state index in [2.05, 4.69) is 10.6 Å². The predicted molar refractivity (Wildman–Crippen MR) is 71.1 cm³/mol. The van der Waals surface area contributed by atoms with E-state index < -0.39 is 0 Å². The number of hydrogen-bond acceptors (Lipinski definition) is 1. The van der Waals surface area contributed by atoms with Gasteiger partial charge in [-0.3, -0.25) is 0 Å². The molecule has 1 aromatic carbocycles. The van der Waals surface area contributed by atoms with Crippen LogP contribution >= 0.6 is 11.6 Å². The fourth-order valence-corrected chi connectivity index (χ4v) is 1.50. The number of halogens is 1. The number of amides is 2. The Morgan fingerprint density at radius 1 is 1.35 bits per heavy atom. The van der Waals surface area contributed by atoms with E-state index in [1.54, 1.807) is 6.20 Å². The summed E-state index contributed by atoms with van der Waals surface area (Å²) in [5.41, 5.74) is 2.09. The van der Waals surface area contributed by atoms with Gasteiger partial charge in [-0.15, -0.1) is 0 Å². The molecule has 0 saturated carbocycles. The van der Waals surface area contributed by atoms with E-state index in [0.29, 0.717) is 6.54 Å². The van der Waals surface area contributed by atoms with Gasteiger partial charge in [-0.1, -0.05) is 35.4 Å². The molecule has 92 valence electrons. The molecule has 0 unspecified atom stereocenters. The van der Waals surface area contributed by atoms with E-state index in [0.717, 1.165) is 22.6 Å². The molecule has 0 spiro atoms. The zero-order valence-electron chi connectivity index (χ0n) is 10.1. The first kappa shape index (κ1) is 13.6. The Morgan fingerprint density at radius 2 is 2.06 bits per heavy atom. The van der Waals surface area contributed by atoms with Crippen molar-refractivity contribution in [2.24, 2.45) is 0 Å². The maximum absolute atomic E-state index is 11.3. The minimum atomic E-state index is -0.196. The van der Waals surface area contributed by atoms with Gasteiger partial charge in [-0.05, 0) is 31.9 Å². The molecule has 0 aliphatic rings. The number of hydrogen-bond donors (Lipinski definition) is 2. The van der Waals surface area contributed by atoms with Crippen molar-refractivity contribution in [1.29, 1.82) is 0 Å². The number of rotatable bonds is 4. The van der Waals surface area contributed by atoms with E-state index in [4.69, 9.17) is 11.6 Å². The highest BCUT2D eigenvalue weighted by molar-refractivity contribution is 6.31. The highest BCUT2D eigenvalue weighted by Crippen LogP contribution is 2.14. The topological polar surface area (TPSA) is 41.1 Å². The Morgan fingerprint density at radius 3 is 2.71 bits per heavy atom. The van der Waals surface area contributed by atoms with Gasteiger partial charge in [0.1, 0.15) is 0 Å². The molecule has 0 heterocycles. The third-order valence-corrected chi connectivity index (χ3v) is 2.50. The second-order valence-electron chi connectivity index (χ2n) is 3.96. The van der Waals surface area contributed by atoms with Crippen LogP contribution in [0.1, 0.15) is 19.4 Å². The number of benzene rings is 1. The average Bonchev–Trinajstić information content (AvgIpc) is 2.29. The van der Waals surface area contributed by atoms with Gasteiger partial charge in [0.05, 0.1) is 0 Å². The third kappa shape index (κ3) is 5.41. The lowest BCUT2D eigenvalue weighted by molar-refractivity contribution is 0.244. The lowest BCUT2D eigenvalue weighted by Crippen LogP contribution is -2.33. The summed E-state index contributed by atoms with van der Waals surface area (Å²) >= 11 is 6.00. The van der Waals surface area contributed by atoms with Crippen LogP contribution in [0.5, 0.6) is 0 Å². The Bertz CT molecular complexity index is 412. The van der Waals surface area contributed by atoms with Gasteiger partial charge in [0.25, 0.3) is 0 Å². The number of nitrogens with one attached hydrogen (secondary N) is 2. The third-order valence-electron chi connectivity index (χ3n) is 2.13. The van der Waals surface area contributed by atoms with Crippen LogP contribution in [0.25, 0.3) is 0 Å². The summed E-state index contributed by atoms with van der Waals surface area (Å²) in [7, 11) is 0. The number of carbonyl (C=O) groups is 1. The maximum Gasteiger partial charge on any atom is 0.318 e. The molecular formula is C13H17ClN2O. The Kier molecular flexibility index (Phi) is 5.57. The number of allylic oxidation sites excluding steroid dienone is 1. The minimum absolute atomic E-state index is 0.196. The molecule has 0 radical (unpaired) electrons. The molecular weight excluding hydrogens is 236 g/mol. The molecule has 3 nitrogen and oxygen atoms in total. The van der Waals surface area contributed by atoms with Crippen LogP contribution < -0.4 is 10.6 Å². The van der Waals surface area contributed by atoms with E-state index >= 15 is 0 Å². The molecule has 0 atom stereocenters. The molecule has 2 amide bonds. The Hall–Kier alpha value is -1.48. The van der Waals surface area contributed by atoms with E-state index in [9.17, 15) is 4.79 Å². The summed E-state index contributed by atoms with van der Waals surface area (Å²) < 4.78 is 0. The van der Waals surface area contributed by atoms with Gasteiger partial charge >= 0.3 is 6.03 Å². The summed E-state index contributed by atoms with van der Waals surface area (Å²) in [6.07, 6.45) is 2.40. The molecule has 0 aliphatic heterocycles. The lowest BCUT2D eigenvalue weighted by atomic mass is 10.1.